The van der Waals surface area contributed by atoms with Gasteiger partial charge < -0.3 is 16.0 Å². The Balaban J connectivity index is 2.12. The van der Waals surface area contributed by atoms with Gasteiger partial charge in [-0.1, -0.05) is 25.1 Å². The zero-order valence-electron chi connectivity index (χ0n) is 10.9. The Morgan fingerprint density at radius 1 is 1.50 bits per heavy atom. The van der Waals surface area contributed by atoms with Crippen LogP contribution in [0.1, 0.15) is 18.9 Å². The molecule has 1 heterocycles. The Morgan fingerprint density at radius 3 is 3.00 bits per heavy atom. The third kappa shape index (κ3) is 2.82. The Bertz CT molecular complexity index is 419. The number of carbonyl (C=O) groups excluding carboxylic acids is 1. The highest BCUT2D eigenvalue weighted by Crippen LogP contribution is 2.26. The molecule has 0 fully saturated rings. The number of benzene rings is 1. The molecule has 1 aromatic rings. The SMILES string of the molecule is CCNC(CN1CCCc2ccccc21)C(N)=O. The molecule has 0 aromatic heterocycles. The number of carbonyl (C=O) groups is 1. The van der Waals surface area contributed by atoms with Crippen LogP contribution in [0.5, 0.6) is 0 Å². The van der Waals surface area contributed by atoms with Gasteiger partial charge in [0.2, 0.25) is 5.91 Å². The first-order chi connectivity index (χ1) is 8.72. The minimum atomic E-state index is -0.278. The van der Waals surface area contributed by atoms with Gasteiger partial charge in [0.1, 0.15) is 6.04 Å². The lowest BCUT2D eigenvalue weighted by molar-refractivity contribution is -0.119. The lowest BCUT2D eigenvalue weighted by Crippen LogP contribution is -2.50. The van der Waals surface area contributed by atoms with Crippen LogP contribution in [-0.4, -0.2) is 31.6 Å². The second-order valence-corrected chi connectivity index (χ2v) is 4.69. The molecule has 4 heteroatoms. The lowest BCUT2D eigenvalue weighted by atomic mass is 10.0. The van der Waals surface area contributed by atoms with E-state index in [1.807, 2.05) is 13.0 Å². The van der Waals surface area contributed by atoms with Crippen LogP contribution < -0.4 is 16.0 Å². The Morgan fingerprint density at radius 2 is 2.28 bits per heavy atom. The number of para-hydroxylation sites is 1. The summed E-state index contributed by atoms with van der Waals surface area (Å²) in [7, 11) is 0. The predicted molar refractivity (Wildman–Crippen MR) is 73.6 cm³/mol. The summed E-state index contributed by atoms with van der Waals surface area (Å²) in [6, 6.07) is 8.12. The van der Waals surface area contributed by atoms with Crippen molar-refractivity contribution < 1.29 is 4.79 Å². The molecule has 0 bridgehead atoms. The smallest absolute Gasteiger partial charge is 0.236 e. The van der Waals surface area contributed by atoms with E-state index in [0.717, 1.165) is 25.9 Å². The van der Waals surface area contributed by atoms with E-state index in [0.29, 0.717) is 6.54 Å². The zero-order chi connectivity index (χ0) is 13.0. The molecule has 1 aliphatic rings. The third-order valence-corrected chi connectivity index (χ3v) is 3.40. The van der Waals surface area contributed by atoms with Gasteiger partial charge in [0.15, 0.2) is 0 Å². The maximum absolute atomic E-state index is 11.4. The number of nitrogens with one attached hydrogen (secondary N) is 1. The number of likely N-dealkylation sites (N-methyl/N-ethyl adjacent to an activating group) is 1. The summed E-state index contributed by atoms with van der Waals surface area (Å²) in [6.07, 6.45) is 2.25. The van der Waals surface area contributed by atoms with Crippen molar-refractivity contribution in [3.63, 3.8) is 0 Å². The first-order valence-electron chi connectivity index (χ1n) is 6.58. The first kappa shape index (κ1) is 12.9. The average Bonchev–Trinajstić information content (AvgIpc) is 2.38. The minimum absolute atomic E-state index is 0.277. The summed E-state index contributed by atoms with van der Waals surface area (Å²) >= 11 is 0. The molecule has 1 unspecified atom stereocenters. The van der Waals surface area contributed by atoms with Gasteiger partial charge in [0, 0.05) is 18.8 Å². The molecule has 98 valence electrons. The van der Waals surface area contributed by atoms with Crippen molar-refractivity contribution >= 4 is 11.6 Å². The van der Waals surface area contributed by atoms with Crippen molar-refractivity contribution in [3.8, 4) is 0 Å². The zero-order valence-corrected chi connectivity index (χ0v) is 10.9. The van der Waals surface area contributed by atoms with E-state index >= 15 is 0 Å². The van der Waals surface area contributed by atoms with E-state index in [9.17, 15) is 4.79 Å². The van der Waals surface area contributed by atoms with Gasteiger partial charge in [0.25, 0.3) is 0 Å². The van der Waals surface area contributed by atoms with Gasteiger partial charge in [-0.25, -0.2) is 0 Å². The van der Waals surface area contributed by atoms with Crippen molar-refractivity contribution in [1.82, 2.24) is 5.32 Å². The quantitative estimate of drug-likeness (QED) is 0.813. The molecular formula is C14H21N3O. The summed E-state index contributed by atoms with van der Waals surface area (Å²) in [4.78, 5) is 13.7. The van der Waals surface area contributed by atoms with Crippen LogP contribution in [0.15, 0.2) is 24.3 Å². The van der Waals surface area contributed by atoms with E-state index < -0.39 is 0 Å². The highest BCUT2D eigenvalue weighted by molar-refractivity contribution is 5.80. The third-order valence-electron chi connectivity index (χ3n) is 3.40. The molecule has 0 radical (unpaired) electrons. The second kappa shape index (κ2) is 5.87. The van der Waals surface area contributed by atoms with Crippen LogP contribution in [-0.2, 0) is 11.2 Å². The maximum Gasteiger partial charge on any atom is 0.236 e. The van der Waals surface area contributed by atoms with Crippen LogP contribution >= 0.6 is 0 Å². The van der Waals surface area contributed by atoms with Gasteiger partial charge in [-0.05, 0) is 31.0 Å². The number of primary amides is 1. The summed E-state index contributed by atoms with van der Waals surface area (Å²) < 4.78 is 0. The number of hydrogen-bond acceptors (Lipinski definition) is 3. The predicted octanol–water partition coefficient (Wildman–Crippen LogP) is 0.903. The summed E-state index contributed by atoms with van der Waals surface area (Å²) in [5.41, 5.74) is 8.04. The molecule has 1 atom stereocenters. The van der Waals surface area contributed by atoms with Crippen LogP contribution in [0.25, 0.3) is 0 Å². The fourth-order valence-electron chi connectivity index (χ4n) is 2.52. The highest BCUT2D eigenvalue weighted by atomic mass is 16.1. The minimum Gasteiger partial charge on any atom is -0.369 e. The molecule has 1 aromatic carbocycles. The number of amides is 1. The van der Waals surface area contributed by atoms with Crippen LogP contribution in [0, 0.1) is 0 Å². The number of nitrogens with two attached hydrogens (primary N) is 1. The van der Waals surface area contributed by atoms with Crippen LogP contribution in [0.4, 0.5) is 5.69 Å². The first-order valence-corrected chi connectivity index (χ1v) is 6.58. The molecule has 0 saturated carbocycles. The summed E-state index contributed by atoms with van der Waals surface area (Å²) in [5.74, 6) is -0.278. The number of rotatable bonds is 5. The molecule has 4 nitrogen and oxygen atoms in total. The van der Waals surface area contributed by atoms with E-state index in [4.69, 9.17) is 5.73 Å². The fourth-order valence-corrected chi connectivity index (χ4v) is 2.52. The monoisotopic (exact) mass is 247 g/mol. The number of nitrogens with zero attached hydrogens (tertiary/aromatic N) is 1. The number of hydrogen-bond donors (Lipinski definition) is 2. The van der Waals surface area contributed by atoms with Gasteiger partial charge in [-0.3, -0.25) is 4.79 Å². The molecular weight excluding hydrogens is 226 g/mol. The average molecular weight is 247 g/mol. The lowest BCUT2D eigenvalue weighted by Gasteiger charge is -2.33. The molecule has 1 aliphatic heterocycles. The largest absolute Gasteiger partial charge is 0.369 e. The Labute approximate surface area is 108 Å². The number of aryl methyl sites for hydroxylation is 1. The molecule has 0 saturated heterocycles. The van der Waals surface area contributed by atoms with Gasteiger partial charge in [0.05, 0.1) is 0 Å². The number of anilines is 1. The van der Waals surface area contributed by atoms with Crippen molar-refractivity contribution in [3.05, 3.63) is 29.8 Å². The Hall–Kier alpha value is -1.55. The van der Waals surface area contributed by atoms with E-state index in [-0.39, 0.29) is 11.9 Å². The molecule has 1 amide bonds. The second-order valence-electron chi connectivity index (χ2n) is 4.69. The fraction of sp³-hybridized carbons (Fsp3) is 0.500. The van der Waals surface area contributed by atoms with E-state index in [1.165, 1.54) is 11.3 Å². The van der Waals surface area contributed by atoms with Crippen molar-refractivity contribution in [2.24, 2.45) is 5.73 Å². The maximum atomic E-state index is 11.4. The molecule has 18 heavy (non-hydrogen) atoms. The number of fused-ring (bicyclic) bond motifs is 1. The molecule has 0 aliphatic carbocycles. The van der Waals surface area contributed by atoms with Gasteiger partial charge in [-0.2, -0.15) is 0 Å². The van der Waals surface area contributed by atoms with Crippen LogP contribution in [0.3, 0.4) is 0 Å². The van der Waals surface area contributed by atoms with Crippen LogP contribution in [0.2, 0.25) is 0 Å². The highest BCUT2D eigenvalue weighted by Gasteiger charge is 2.22. The topological polar surface area (TPSA) is 58.4 Å². The van der Waals surface area contributed by atoms with E-state index in [1.54, 1.807) is 0 Å². The van der Waals surface area contributed by atoms with Gasteiger partial charge in [-0.15, -0.1) is 0 Å². The summed E-state index contributed by atoms with van der Waals surface area (Å²) in [5, 5.41) is 3.14. The molecule has 0 spiro atoms. The molecule has 2 rings (SSSR count). The van der Waals surface area contributed by atoms with Gasteiger partial charge >= 0.3 is 0 Å². The van der Waals surface area contributed by atoms with Crippen molar-refractivity contribution in [2.75, 3.05) is 24.5 Å². The Kier molecular flexibility index (Phi) is 4.20. The standard InChI is InChI=1S/C14H21N3O/c1-2-16-12(14(15)18)10-17-9-5-7-11-6-3-4-8-13(11)17/h3-4,6,8,12,16H,2,5,7,9-10H2,1H3,(H2,15,18). The van der Waals surface area contributed by atoms with E-state index in [2.05, 4.69) is 28.4 Å². The van der Waals surface area contributed by atoms with Crippen molar-refractivity contribution in [2.45, 2.75) is 25.8 Å². The molecule has 3 N–H and O–H groups in total. The van der Waals surface area contributed by atoms with Crippen molar-refractivity contribution in [1.29, 1.82) is 0 Å². The summed E-state index contributed by atoms with van der Waals surface area (Å²) in [6.45, 7) is 4.38. The normalized spacial score (nSPS) is 16.2.